The number of alkyl halides is 3. The fourth-order valence-corrected chi connectivity index (χ4v) is 1.98. The Hall–Kier alpha value is -2.24. The maximum absolute atomic E-state index is 12.4. The zero-order valence-electron chi connectivity index (χ0n) is 12.2. The smallest absolute Gasteiger partial charge is 0.433 e. The van der Waals surface area contributed by atoms with Gasteiger partial charge in [0.2, 0.25) is 0 Å². The van der Waals surface area contributed by atoms with Gasteiger partial charge in [-0.15, -0.1) is 0 Å². The molecule has 1 N–H and O–H groups in total. The van der Waals surface area contributed by atoms with Gasteiger partial charge in [-0.25, -0.2) is 4.98 Å². The van der Waals surface area contributed by atoms with Gasteiger partial charge in [0.15, 0.2) is 0 Å². The number of nitrogens with one attached hydrogen (secondary N) is 1. The van der Waals surface area contributed by atoms with Crippen molar-refractivity contribution in [2.75, 3.05) is 19.0 Å². The Balaban J connectivity index is 1.76. The molecule has 1 heterocycles. The minimum Gasteiger partial charge on any atom is -0.497 e. The van der Waals surface area contributed by atoms with E-state index in [4.69, 9.17) is 4.74 Å². The van der Waals surface area contributed by atoms with Crippen molar-refractivity contribution >= 4 is 5.69 Å². The highest BCUT2D eigenvalue weighted by molar-refractivity contribution is 5.41. The number of pyridine rings is 1. The van der Waals surface area contributed by atoms with Gasteiger partial charge < -0.3 is 10.1 Å². The second-order valence-corrected chi connectivity index (χ2v) is 4.81. The molecule has 0 atom stereocenters. The summed E-state index contributed by atoms with van der Waals surface area (Å²) in [5, 5.41) is 3.06. The highest BCUT2D eigenvalue weighted by Gasteiger charge is 2.31. The summed E-state index contributed by atoms with van der Waals surface area (Å²) < 4.78 is 42.2. The van der Waals surface area contributed by atoms with E-state index < -0.39 is 11.9 Å². The quantitative estimate of drug-likeness (QED) is 0.814. The normalized spacial score (nSPS) is 11.3. The van der Waals surface area contributed by atoms with Gasteiger partial charge in [-0.1, -0.05) is 12.1 Å². The Morgan fingerprint density at radius 3 is 2.36 bits per heavy atom. The summed E-state index contributed by atoms with van der Waals surface area (Å²) in [6.07, 6.45) is -1.44. The number of halogens is 3. The number of rotatable bonds is 6. The minimum atomic E-state index is -4.40. The van der Waals surface area contributed by atoms with E-state index in [1.165, 1.54) is 17.8 Å². The first-order chi connectivity index (χ1) is 10.5. The summed E-state index contributed by atoms with van der Waals surface area (Å²) in [7, 11) is 1.62. The third-order valence-corrected chi connectivity index (χ3v) is 3.18. The highest BCUT2D eigenvalue weighted by atomic mass is 19.4. The number of ether oxygens (including phenoxy) is 1. The lowest BCUT2D eigenvalue weighted by atomic mass is 10.1. The molecular weight excluding hydrogens is 293 g/mol. The Labute approximate surface area is 127 Å². The van der Waals surface area contributed by atoms with Gasteiger partial charge in [-0.3, -0.25) is 0 Å². The van der Waals surface area contributed by atoms with Crippen molar-refractivity contribution < 1.29 is 17.9 Å². The molecule has 3 nitrogen and oxygen atoms in total. The first-order valence-corrected chi connectivity index (χ1v) is 6.89. The molecule has 1 aromatic heterocycles. The molecule has 2 aromatic rings. The first-order valence-electron chi connectivity index (χ1n) is 6.89. The highest BCUT2D eigenvalue weighted by Crippen LogP contribution is 2.27. The number of benzene rings is 1. The monoisotopic (exact) mass is 310 g/mol. The second-order valence-electron chi connectivity index (χ2n) is 4.81. The number of hydrogen-bond donors (Lipinski definition) is 1. The molecule has 0 aliphatic carbocycles. The van der Waals surface area contributed by atoms with Crippen LogP contribution in [0.2, 0.25) is 0 Å². The van der Waals surface area contributed by atoms with Crippen LogP contribution in [0.3, 0.4) is 0 Å². The van der Waals surface area contributed by atoms with Crippen LogP contribution in [0.15, 0.2) is 42.6 Å². The lowest BCUT2D eigenvalue weighted by Gasteiger charge is -2.09. The Morgan fingerprint density at radius 2 is 1.82 bits per heavy atom. The van der Waals surface area contributed by atoms with Crippen LogP contribution in [0.1, 0.15) is 17.7 Å². The molecule has 0 aliphatic heterocycles. The maximum Gasteiger partial charge on any atom is 0.433 e. The van der Waals surface area contributed by atoms with Gasteiger partial charge in [-0.05, 0) is 42.7 Å². The SMILES string of the molecule is COc1ccc(CCCNc2ccc(C(F)(F)F)nc2)cc1. The van der Waals surface area contributed by atoms with Crippen molar-refractivity contribution in [3.05, 3.63) is 53.9 Å². The third-order valence-electron chi connectivity index (χ3n) is 3.18. The molecule has 0 spiro atoms. The number of methoxy groups -OCH3 is 1. The zero-order valence-corrected chi connectivity index (χ0v) is 12.2. The average Bonchev–Trinajstić information content (AvgIpc) is 2.52. The van der Waals surface area contributed by atoms with E-state index in [9.17, 15) is 13.2 Å². The van der Waals surface area contributed by atoms with Gasteiger partial charge in [0.25, 0.3) is 0 Å². The van der Waals surface area contributed by atoms with Crippen molar-refractivity contribution in [3.8, 4) is 5.75 Å². The largest absolute Gasteiger partial charge is 0.497 e. The molecule has 0 radical (unpaired) electrons. The third kappa shape index (κ3) is 4.65. The predicted octanol–water partition coefficient (Wildman–Crippen LogP) is 4.15. The number of nitrogens with zero attached hydrogens (tertiary/aromatic N) is 1. The lowest BCUT2D eigenvalue weighted by molar-refractivity contribution is -0.141. The Bertz CT molecular complexity index is 580. The van der Waals surface area contributed by atoms with Crippen LogP contribution < -0.4 is 10.1 Å². The van der Waals surface area contributed by atoms with E-state index in [0.717, 1.165) is 24.7 Å². The summed E-state index contributed by atoms with van der Waals surface area (Å²) >= 11 is 0. The molecule has 1 aromatic carbocycles. The standard InChI is InChI=1S/C16H17F3N2O/c1-22-14-7-4-12(5-8-14)3-2-10-20-13-6-9-15(21-11-13)16(17,18)19/h4-9,11,20H,2-3,10H2,1H3. The van der Waals surface area contributed by atoms with E-state index in [0.29, 0.717) is 12.2 Å². The van der Waals surface area contributed by atoms with Crippen LogP contribution in [0.4, 0.5) is 18.9 Å². The Kier molecular flexibility index (Phi) is 5.25. The fourth-order valence-electron chi connectivity index (χ4n) is 1.98. The van der Waals surface area contributed by atoms with Gasteiger partial charge >= 0.3 is 6.18 Å². The van der Waals surface area contributed by atoms with E-state index in [1.807, 2.05) is 24.3 Å². The van der Waals surface area contributed by atoms with Crippen molar-refractivity contribution in [1.82, 2.24) is 4.98 Å². The van der Waals surface area contributed by atoms with Crippen LogP contribution in [-0.2, 0) is 12.6 Å². The molecule has 0 saturated carbocycles. The molecule has 6 heteroatoms. The van der Waals surface area contributed by atoms with Gasteiger partial charge in [-0.2, -0.15) is 13.2 Å². The molecular formula is C16H17F3N2O. The Morgan fingerprint density at radius 1 is 1.09 bits per heavy atom. The van der Waals surface area contributed by atoms with Crippen molar-refractivity contribution in [2.24, 2.45) is 0 Å². The molecule has 0 fully saturated rings. The molecule has 0 saturated heterocycles. The van der Waals surface area contributed by atoms with Gasteiger partial charge in [0.05, 0.1) is 19.0 Å². The summed E-state index contributed by atoms with van der Waals surface area (Å²) in [6, 6.07) is 10.2. The summed E-state index contributed by atoms with van der Waals surface area (Å²) in [4.78, 5) is 3.40. The summed E-state index contributed by atoms with van der Waals surface area (Å²) in [5.74, 6) is 0.817. The van der Waals surface area contributed by atoms with Crippen LogP contribution in [0.25, 0.3) is 0 Å². The van der Waals surface area contributed by atoms with Crippen LogP contribution >= 0.6 is 0 Å². The van der Waals surface area contributed by atoms with Crippen molar-refractivity contribution in [2.45, 2.75) is 19.0 Å². The molecule has 0 aliphatic rings. The van der Waals surface area contributed by atoms with E-state index >= 15 is 0 Å². The molecule has 118 valence electrons. The molecule has 2 rings (SSSR count). The van der Waals surface area contributed by atoms with Gasteiger partial charge in [0, 0.05) is 6.54 Å². The molecule has 0 bridgehead atoms. The van der Waals surface area contributed by atoms with Crippen molar-refractivity contribution in [1.29, 1.82) is 0 Å². The van der Waals surface area contributed by atoms with Crippen LogP contribution in [-0.4, -0.2) is 18.6 Å². The topological polar surface area (TPSA) is 34.1 Å². The predicted molar refractivity (Wildman–Crippen MR) is 79.0 cm³/mol. The first kappa shape index (κ1) is 16.1. The van der Waals surface area contributed by atoms with Crippen LogP contribution in [0, 0.1) is 0 Å². The van der Waals surface area contributed by atoms with Gasteiger partial charge in [0.1, 0.15) is 11.4 Å². The van der Waals surface area contributed by atoms with E-state index in [-0.39, 0.29) is 0 Å². The molecule has 0 unspecified atom stereocenters. The van der Waals surface area contributed by atoms with Crippen LogP contribution in [0.5, 0.6) is 5.75 Å². The zero-order chi connectivity index (χ0) is 16.0. The summed E-state index contributed by atoms with van der Waals surface area (Å²) in [6.45, 7) is 0.666. The van der Waals surface area contributed by atoms with Crippen molar-refractivity contribution in [3.63, 3.8) is 0 Å². The number of hydrogen-bond acceptors (Lipinski definition) is 3. The fraction of sp³-hybridized carbons (Fsp3) is 0.312. The van der Waals surface area contributed by atoms with E-state index in [1.54, 1.807) is 7.11 Å². The minimum absolute atomic E-state index is 0.586. The molecule has 22 heavy (non-hydrogen) atoms. The number of aryl methyl sites for hydroxylation is 1. The maximum atomic E-state index is 12.4. The average molecular weight is 310 g/mol. The number of anilines is 1. The number of aromatic nitrogens is 1. The molecule has 0 amide bonds. The summed E-state index contributed by atoms with van der Waals surface area (Å²) in [5.41, 5.74) is 0.896. The lowest BCUT2D eigenvalue weighted by Crippen LogP contribution is -2.09. The second kappa shape index (κ2) is 7.15. The van der Waals surface area contributed by atoms with E-state index in [2.05, 4.69) is 10.3 Å².